The predicted molar refractivity (Wildman–Crippen MR) is 60.4 cm³/mol. The summed E-state index contributed by atoms with van der Waals surface area (Å²) in [5.74, 6) is -1.05. The number of alkyl halides is 3. The minimum absolute atomic E-state index is 0.102. The van der Waals surface area contributed by atoms with Crippen LogP contribution >= 0.6 is 0 Å². The first-order chi connectivity index (χ1) is 8.77. The Labute approximate surface area is 106 Å². The number of aliphatic hydroxyl groups is 1. The van der Waals surface area contributed by atoms with E-state index in [-0.39, 0.29) is 17.4 Å². The minimum Gasteiger partial charge on any atom is -0.393 e. The van der Waals surface area contributed by atoms with Crippen molar-refractivity contribution in [1.82, 2.24) is 4.98 Å². The van der Waals surface area contributed by atoms with Gasteiger partial charge in [-0.25, -0.2) is 4.98 Å². The van der Waals surface area contributed by atoms with E-state index in [1.807, 2.05) is 0 Å². The Morgan fingerprint density at radius 1 is 1.42 bits per heavy atom. The third kappa shape index (κ3) is 2.95. The zero-order valence-electron chi connectivity index (χ0n) is 9.74. The van der Waals surface area contributed by atoms with Crippen molar-refractivity contribution in [2.24, 2.45) is 5.73 Å². The summed E-state index contributed by atoms with van der Waals surface area (Å²) in [5.41, 5.74) is 3.89. The van der Waals surface area contributed by atoms with E-state index < -0.39 is 23.9 Å². The van der Waals surface area contributed by atoms with Crippen molar-refractivity contribution in [2.45, 2.75) is 31.2 Å². The number of nitrogens with one attached hydrogen (secondary N) is 1. The number of nitrogens with zero attached hydrogens (tertiary/aromatic N) is 1. The van der Waals surface area contributed by atoms with Gasteiger partial charge in [0.15, 0.2) is 0 Å². The fourth-order valence-electron chi connectivity index (χ4n) is 1.82. The zero-order chi connectivity index (χ0) is 14.2. The molecule has 0 saturated heterocycles. The monoisotopic (exact) mass is 275 g/mol. The molecule has 1 saturated carbocycles. The molecule has 5 nitrogen and oxygen atoms in total. The normalized spacial score (nSPS) is 22.7. The molecule has 1 fully saturated rings. The first-order valence-electron chi connectivity index (χ1n) is 5.60. The van der Waals surface area contributed by atoms with Gasteiger partial charge in [-0.05, 0) is 25.0 Å². The van der Waals surface area contributed by atoms with Crippen LogP contribution in [-0.4, -0.2) is 28.1 Å². The van der Waals surface area contributed by atoms with Crippen LogP contribution in [0.5, 0.6) is 0 Å². The summed E-state index contributed by atoms with van der Waals surface area (Å²) < 4.78 is 37.6. The molecule has 8 heteroatoms. The van der Waals surface area contributed by atoms with E-state index in [0.29, 0.717) is 18.9 Å². The van der Waals surface area contributed by atoms with Gasteiger partial charge in [0.25, 0.3) is 5.91 Å². The van der Waals surface area contributed by atoms with Crippen LogP contribution in [0.25, 0.3) is 0 Å². The summed E-state index contributed by atoms with van der Waals surface area (Å²) in [4.78, 5) is 14.5. The van der Waals surface area contributed by atoms with E-state index in [1.165, 1.54) is 0 Å². The van der Waals surface area contributed by atoms with Crippen molar-refractivity contribution < 1.29 is 23.1 Å². The lowest BCUT2D eigenvalue weighted by Gasteiger charge is -2.32. The quantitative estimate of drug-likeness (QED) is 0.771. The second kappa shape index (κ2) is 4.69. The second-order valence-electron chi connectivity index (χ2n) is 4.42. The number of hydrogen-bond donors (Lipinski definition) is 3. The van der Waals surface area contributed by atoms with Crippen LogP contribution in [0.15, 0.2) is 12.1 Å². The maximum Gasteiger partial charge on any atom is 0.433 e. The largest absolute Gasteiger partial charge is 0.433 e. The number of amides is 1. The standard InChI is InChI=1S/C11H12F3N3O2/c12-11(13,14)8-2-1-7(9(15)19)10(17-8)16-5-3-6(18)4-5/h1-2,5-6,18H,3-4H2,(H2,15,19)(H,16,17). The summed E-state index contributed by atoms with van der Waals surface area (Å²) in [6.45, 7) is 0. The Morgan fingerprint density at radius 2 is 2.05 bits per heavy atom. The van der Waals surface area contributed by atoms with Gasteiger partial charge in [-0.1, -0.05) is 0 Å². The van der Waals surface area contributed by atoms with E-state index in [0.717, 1.165) is 6.07 Å². The van der Waals surface area contributed by atoms with Gasteiger partial charge in [-0.15, -0.1) is 0 Å². The topological polar surface area (TPSA) is 88.2 Å². The SMILES string of the molecule is NC(=O)c1ccc(C(F)(F)F)nc1NC1CC(O)C1. The molecule has 0 radical (unpaired) electrons. The minimum atomic E-state index is -4.59. The number of carbonyl (C=O) groups excluding carboxylic acids is 1. The lowest BCUT2D eigenvalue weighted by atomic mass is 9.89. The molecule has 1 aliphatic carbocycles. The van der Waals surface area contributed by atoms with E-state index in [2.05, 4.69) is 10.3 Å². The van der Waals surface area contributed by atoms with Crippen molar-refractivity contribution >= 4 is 11.7 Å². The van der Waals surface area contributed by atoms with Crippen LogP contribution in [0.1, 0.15) is 28.9 Å². The number of hydrogen-bond acceptors (Lipinski definition) is 4. The maximum atomic E-state index is 12.5. The maximum absolute atomic E-state index is 12.5. The number of halogens is 3. The molecule has 0 aliphatic heterocycles. The van der Waals surface area contributed by atoms with Crippen LogP contribution in [0.2, 0.25) is 0 Å². The number of aliphatic hydroxyl groups excluding tert-OH is 1. The van der Waals surface area contributed by atoms with Gasteiger partial charge < -0.3 is 16.2 Å². The van der Waals surface area contributed by atoms with Crippen molar-refractivity contribution in [2.75, 3.05) is 5.32 Å². The first kappa shape index (κ1) is 13.6. The molecule has 0 aromatic carbocycles. The predicted octanol–water partition coefficient (Wildman–Crippen LogP) is 1.13. The Hall–Kier alpha value is -1.83. The highest BCUT2D eigenvalue weighted by molar-refractivity contribution is 5.97. The molecule has 104 valence electrons. The summed E-state index contributed by atoms with van der Waals surface area (Å²) in [6.07, 6.45) is -4.27. The highest BCUT2D eigenvalue weighted by atomic mass is 19.4. The number of pyridine rings is 1. The molecular weight excluding hydrogens is 263 g/mol. The molecule has 2 rings (SSSR count). The van der Waals surface area contributed by atoms with Crippen LogP contribution < -0.4 is 11.1 Å². The number of primary amides is 1. The smallest absolute Gasteiger partial charge is 0.393 e. The van der Waals surface area contributed by atoms with Crippen molar-refractivity contribution in [3.8, 4) is 0 Å². The second-order valence-corrected chi connectivity index (χ2v) is 4.42. The summed E-state index contributed by atoms with van der Waals surface area (Å²) in [5, 5.41) is 11.8. The molecule has 1 aromatic rings. The molecule has 0 spiro atoms. The van der Waals surface area contributed by atoms with E-state index >= 15 is 0 Å². The molecule has 1 heterocycles. The van der Waals surface area contributed by atoms with Gasteiger partial charge in [0, 0.05) is 6.04 Å². The van der Waals surface area contributed by atoms with E-state index in [9.17, 15) is 18.0 Å². The van der Waals surface area contributed by atoms with Gasteiger partial charge in [0.05, 0.1) is 11.7 Å². The summed E-state index contributed by atoms with van der Waals surface area (Å²) in [6, 6.07) is 1.50. The number of aromatic nitrogens is 1. The van der Waals surface area contributed by atoms with Gasteiger partial charge in [-0.3, -0.25) is 4.79 Å². The number of carbonyl (C=O) groups is 1. The Morgan fingerprint density at radius 3 is 2.53 bits per heavy atom. The highest BCUT2D eigenvalue weighted by Crippen LogP contribution is 2.31. The number of rotatable bonds is 3. The van der Waals surface area contributed by atoms with Gasteiger partial charge in [0.2, 0.25) is 0 Å². The van der Waals surface area contributed by atoms with Crippen LogP contribution in [0.4, 0.5) is 19.0 Å². The highest BCUT2D eigenvalue weighted by Gasteiger charge is 2.34. The first-order valence-corrected chi connectivity index (χ1v) is 5.60. The Bertz CT molecular complexity index is 498. The van der Waals surface area contributed by atoms with Gasteiger partial charge >= 0.3 is 6.18 Å². The number of anilines is 1. The summed E-state index contributed by atoms with van der Waals surface area (Å²) in [7, 11) is 0. The van der Waals surface area contributed by atoms with E-state index in [1.54, 1.807) is 0 Å². The molecule has 0 atom stereocenters. The van der Waals surface area contributed by atoms with Crippen molar-refractivity contribution in [3.05, 3.63) is 23.4 Å². The lowest BCUT2D eigenvalue weighted by Crippen LogP contribution is -2.39. The molecule has 4 N–H and O–H groups in total. The lowest BCUT2D eigenvalue weighted by molar-refractivity contribution is -0.141. The molecule has 19 heavy (non-hydrogen) atoms. The third-order valence-electron chi connectivity index (χ3n) is 2.91. The molecule has 0 bridgehead atoms. The number of nitrogens with two attached hydrogens (primary N) is 1. The zero-order valence-corrected chi connectivity index (χ0v) is 9.74. The van der Waals surface area contributed by atoms with E-state index in [4.69, 9.17) is 10.8 Å². The summed E-state index contributed by atoms with van der Waals surface area (Å²) >= 11 is 0. The average molecular weight is 275 g/mol. The fraction of sp³-hybridized carbons (Fsp3) is 0.455. The molecule has 0 unspecified atom stereocenters. The molecular formula is C11H12F3N3O2. The van der Waals surface area contributed by atoms with Crippen LogP contribution in [0.3, 0.4) is 0 Å². The molecule has 1 aromatic heterocycles. The van der Waals surface area contributed by atoms with Crippen molar-refractivity contribution in [1.29, 1.82) is 0 Å². The molecule has 1 amide bonds. The fourth-order valence-corrected chi connectivity index (χ4v) is 1.82. The average Bonchev–Trinajstić information content (AvgIpc) is 2.25. The van der Waals surface area contributed by atoms with Gasteiger partial charge in [-0.2, -0.15) is 13.2 Å². The Balaban J connectivity index is 2.28. The third-order valence-corrected chi connectivity index (χ3v) is 2.91. The van der Waals surface area contributed by atoms with Gasteiger partial charge in [0.1, 0.15) is 11.5 Å². The molecule has 1 aliphatic rings. The van der Waals surface area contributed by atoms with Crippen molar-refractivity contribution in [3.63, 3.8) is 0 Å². The van der Waals surface area contributed by atoms with Crippen LogP contribution in [0, 0.1) is 0 Å². The Kier molecular flexibility index (Phi) is 3.36. The van der Waals surface area contributed by atoms with Crippen LogP contribution in [-0.2, 0) is 6.18 Å².